The maximum atomic E-state index is 12.3. The van der Waals surface area contributed by atoms with Gasteiger partial charge in [0.25, 0.3) is 0 Å². The summed E-state index contributed by atoms with van der Waals surface area (Å²) in [7, 11) is 0. The number of hydrogen-bond acceptors (Lipinski definition) is 2. The van der Waals surface area contributed by atoms with Crippen molar-refractivity contribution >= 4 is 18.3 Å². The molecule has 2 aliphatic heterocycles. The highest BCUT2D eigenvalue weighted by Gasteiger charge is 2.40. The quantitative estimate of drug-likeness (QED) is 0.869. The van der Waals surface area contributed by atoms with Crippen LogP contribution < -0.4 is 5.32 Å². The van der Waals surface area contributed by atoms with Gasteiger partial charge in [-0.3, -0.25) is 4.79 Å². The van der Waals surface area contributed by atoms with Gasteiger partial charge in [-0.1, -0.05) is 19.3 Å². The third kappa shape index (κ3) is 3.67. The number of carbonyl (C=O) groups excluding carboxylic acids is 1. The summed E-state index contributed by atoms with van der Waals surface area (Å²) in [6.45, 7) is 4.36. The Bertz CT molecular complexity index is 322. The van der Waals surface area contributed by atoms with Crippen molar-refractivity contribution in [2.45, 2.75) is 57.8 Å². The van der Waals surface area contributed by atoms with Crippen LogP contribution in [0, 0.1) is 11.3 Å². The Morgan fingerprint density at radius 3 is 2.70 bits per heavy atom. The van der Waals surface area contributed by atoms with Gasteiger partial charge in [-0.25, -0.2) is 0 Å². The number of carbonyl (C=O) groups is 1. The molecule has 0 radical (unpaired) electrons. The molecule has 0 aromatic rings. The zero-order valence-electron chi connectivity index (χ0n) is 12.5. The molecule has 1 aliphatic carbocycles. The average Bonchev–Trinajstić information content (AvgIpc) is 3.07. The molecule has 1 atom stereocenters. The standard InChI is InChI=1S/C16H28N2O.ClH/c19-15(5-4-14-6-10-17-12-14)18-11-9-16(13-18)7-2-1-3-8-16;/h14,17H,1-13H2;1H. The van der Waals surface area contributed by atoms with E-state index in [0.717, 1.165) is 44.9 Å². The maximum Gasteiger partial charge on any atom is 0.222 e. The molecule has 1 amide bonds. The highest BCUT2D eigenvalue weighted by Crippen LogP contribution is 2.43. The van der Waals surface area contributed by atoms with Crippen LogP contribution in [0.15, 0.2) is 0 Å². The van der Waals surface area contributed by atoms with E-state index in [9.17, 15) is 4.79 Å². The summed E-state index contributed by atoms with van der Waals surface area (Å²) in [6.07, 6.45) is 11.3. The highest BCUT2D eigenvalue weighted by molar-refractivity contribution is 5.85. The Labute approximate surface area is 129 Å². The van der Waals surface area contributed by atoms with E-state index in [1.165, 1.54) is 44.9 Å². The molecular weight excluding hydrogens is 272 g/mol. The van der Waals surface area contributed by atoms with Gasteiger partial charge in [-0.05, 0) is 56.5 Å². The highest BCUT2D eigenvalue weighted by atomic mass is 35.5. The van der Waals surface area contributed by atoms with Crippen molar-refractivity contribution in [3.8, 4) is 0 Å². The molecule has 3 rings (SSSR count). The first-order valence-corrected chi connectivity index (χ1v) is 8.26. The molecule has 2 heterocycles. The van der Waals surface area contributed by atoms with E-state index in [2.05, 4.69) is 10.2 Å². The Kier molecular flexibility index (Phi) is 5.74. The average molecular weight is 301 g/mol. The van der Waals surface area contributed by atoms with Crippen molar-refractivity contribution in [1.82, 2.24) is 10.2 Å². The van der Waals surface area contributed by atoms with Crippen molar-refractivity contribution in [2.24, 2.45) is 11.3 Å². The number of rotatable bonds is 3. The van der Waals surface area contributed by atoms with E-state index < -0.39 is 0 Å². The fourth-order valence-electron chi connectivity index (χ4n) is 4.30. The van der Waals surface area contributed by atoms with Crippen LogP contribution in [-0.4, -0.2) is 37.0 Å². The third-order valence-electron chi connectivity index (χ3n) is 5.63. The monoisotopic (exact) mass is 300 g/mol. The number of nitrogens with zero attached hydrogens (tertiary/aromatic N) is 1. The lowest BCUT2D eigenvalue weighted by atomic mass is 9.73. The normalized spacial score (nSPS) is 28.6. The molecule has 4 heteroatoms. The Balaban J connectivity index is 0.00000147. The zero-order chi connectivity index (χ0) is 13.1. The largest absolute Gasteiger partial charge is 0.342 e. The van der Waals surface area contributed by atoms with Gasteiger partial charge in [0.2, 0.25) is 5.91 Å². The van der Waals surface area contributed by atoms with Crippen LogP contribution in [0.3, 0.4) is 0 Å². The molecule has 0 bridgehead atoms. The second-order valence-corrected chi connectivity index (χ2v) is 7.02. The van der Waals surface area contributed by atoms with Crippen LogP contribution in [-0.2, 0) is 4.79 Å². The van der Waals surface area contributed by atoms with Crippen molar-refractivity contribution in [1.29, 1.82) is 0 Å². The molecule has 3 aliphatic rings. The zero-order valence-corrected chi connectivity index (χ0v) is 13.3. The van der Waals surface area contributed by atoms with Crippen molar-refractivity contribution < 1.29 is 4.79 Å². The van der Waals surface area contributed by atoms with E-state index in [-0.39, 0.29) is 12.4 Å². The van der Waals surface area contributed by atoms with Gasteiger partial charge in [-0.15, -0.1) is 12.4 Å². The summed E-state index contributed by atoms with van der Waals surface area (Å²) < 4.78 is 0. The molecular formula is C16H29ClN2O. The Hall–Kier alpha value is -0.280. The number of amides is 1. The van der Waals surface area contributed by atoms with E-state index in [4.69, 9.17) is 0 Å². The third-order valence-corrected chi connectivity index (χ3v) is 5.63. The lowest BCUT2D eigenvalue weighted by molar-refractivity contribution is -0.131. The van der Waals surface area contributed by atoms with Gasteiger partial charge in [-0.2, -0.15) is 0 Å². The van der Waals surface area contributed by atoms with Gasteiger partial charge >= 0.3 is 0 Å². The summed E-state index contributed by atoms with van der Waals surface area (Å²) >= 11 is 0. The summed E-state index contributed by atoms with van der Waals surface area (Å²) in [5.74, 6) is 1.17. The summed E-state index contributed by atoms with van der Waals surface area (Å²) in [5.41, 5.74) is 0.517. The van der Waals surface area contributed by atoms with Crippen molar-refractivity contribution in [2.75, 3.05) is 26.2 Å². The molecule has 3 fully saturated rings. The van der Waals surface area contributed by atoms with Crippen LogP contribution in [0.25, 0.3) is 0 Å². The fourth-order valence-corrected chi connectivity index (χ4v) is 4.30. The molecule has 0 aromatic heterocycles. The summed E-state index contributed by atoms with van der Waals surface area (Å²) in [4.78, 5) is 14.5. The molecule has 1 spiro atoms. The van der Waals surface area contributed by atoms with Crippen LogP contribution in [0.2, 0.25) is 0 Å². The minimum absolute atomic E-state index is 0. The number of likely N-dealkylation sites (tertiary alicyclic amines) is 1. The molecule has 0 aromatic carbocycles. The fraction of sp³-hybridized carbons (Fsp3) is 0.938. The van der Waals surface area contributed by atoms with Gasteiger partial charge in [0.15, 0.2) is 0 Å². The molecule has 1 saturated carbocycles. The van der Waals surface area contributed by atoms with Gasteiger partial charge in [0.1, 0.15) is 0 Å². The first-order valence-electron chi connectivity index (χ1n) is 8.26. The predicted octanol–water partition coefficient (Wildman–Crippen LogP) is 2.98. The number of nitrogens with one attached hydrogen (secondary N) is 1. The topological polar surface area (TPSA) is 32.3 Å². The molecule has 20 heavy (non-hydrogen) atoms. The van der Waals surface area contributed by atoms with Gasteiger partial charge in [0.05, 0.1) is 0 Å². The van der Waals surface area contributed by atoms with Crippen molar-refractivity contribution in [3.05, 3.63) is 0 Å². The van der Waals surface area contributed by atoms with Gasteiger partial charge in [0, 0.05) is 19.5 Å². The van der Waals surface area contributed by atoms with Crippen LogP contribution >= 0.6 is 12.4 Å². The molecule has 1 N–H and O–H groups in total. The van der Waals surface area contributed by atoms with E-state index in [0.29, 0.717) is 11.3 Å². The smallest absolute Gasteiger partial charge is 0.222 e. The lowest BCUT2D eigenvalue weighted by Crippen LogP contribution is -2.33. The van der Waals surface area contributed by atoms with E-state index in [1.807, 2.05) is 0 Å². The first-order chi connectivity index (χ1) is 9.27. The summed E-state index contributed by atoms with van der Waals surface area (Å²) in [6, 6.07) is 0. The summed E-state index contributed by atoms with van der Waals surface area (Å²) in [5, 5.41) is 3.39. The Morgan fingerprint density at radius 2 is 2.00 bits per heavy atom. The molecule has 116 valence electrons. The second-order valence-electron chi connectivity index (χ2n) is 7.02. The number of hydrogen-bond donors (Lipinski definition) is 1. The second kappa shape index (κ2) is 7.13. The number of halogens is 1. The van der Waals surface area contributed by atoms with Crippen LogP contribution in [0.1, 0.15) is 57.8 Å². The SMILES string of the molecule is Cl.O=C(CCC1CCNC1)N1CCC2(CCCCC2)C1. The predicted molar refractivity (Wildman–Crippen MR) is 84.2 cm³/mol. The molecule has 3 nitrogen and oxygen atoms in total. The minimum Gasteiger partial charge on any atom is -0.342 e. The first kappa shape index (κ1) is 16.1. The van der Waals surface area contributed by atoms with Crippen molar-refractivity contribution in [3.63, 3.8) is 0 Å². The molecule has 1 unspecified atom stereocenters. The van der Waals surface area contributed by atoms with E-state index in [1.54, 1.807) is 0 Å². The van der Waals surface area contributed by atoms with Gasteiger partial charge < -0.3 is 10.2 Å². The lowest BCUT2D eigenvalue weighted by Gasteiger charge is -2.33. The van der Waals surface area contributed by atoms with E-state index >= 15 is 0 Å². The van der Waals surface area contributed by atoms with Crippen LogP contribution in [0.4, 0.5) is 0 Å². The minimum atomic E-state index is 0. The maximum absolute atomic E-state index is 12.3. The molecule has 2 saturated heterocycles. The Morgan fingerprint density at radius 1 is 1.20 bits per heavy atom. The van der Waals surface area contributed by atoms with Crippen LogP contribution in [0.5, 0.6) is 0 Å².